The topological polar surface area (TPSA) is 133 Å². The summed E-state index contributed by atoms with van der Waals surface area (Å²) >= 11 is 0. The Morgan fingerprint density at radius 1 is 0.750 bits per heavy atom. The molecule has 32 heavy (non-hydrogen) atoms. The first-order valence-electron chi connectivity index (χ1n) is 9.54. The van der Waals surface area contributed by atoms with Crippen molar-refractivity contribution in [1.82, 2.24) is 0 Å². The Balaban J connectivity index is 1.42. The summed E-state index contributed by atoms with van der Waals surface area (Å²) in [5.74, 6) is -2.57. The third kappa shape index (κ3) is 3.89. The number of hydrogen-bond donors (Lipinski definition) is 2. The van der Waals surface area contributed by atoms with E-state index < -0.39 is 24.4 Å². The maximum Gasteiger partial charge on any atom is 0.338 e. The van der Waals surface area contributed by atoms with Gasteiger partial charge in [-0.15, -0.1) is 0 Å². The molecule has 0 atom stereocenters. The zero-order valence-electron chi connectivity index (χ0n) is 16.6. The van der Waals surface area contributed by atoms with Gasteiger partial charge in [0.05, 0.1) is 5.56 Å². The molecule has 1 aliphatic carbocycles. The molecule has 0 saturated heterocycles. The number of primary amides is 1. The van der Waals surface area contributed by atoms with Crippen LogP contribution in [0.2, 0.25) is 0 Å². The van der Waals surface area contributed by atoms with Gasteiger partial charge in [-0.05, 0) is 42.5 Å². The van der Waals surface area contributed by atoms with Gasteiger partial charge in [0, 0.05) is 33.5 Å². The highest BCUT2D eigenvalue weighted by Gasteiger charge is 2.29. The van der Waals surface area contributed by atoms with Crippen LogP contribution in [0.1, 0.15) is 52.6 Å². The molecule has 1 aliphatic rings. The van der Waals surface area contributed by atoms with Gasteiger partial charge < -0.3 is 15.8 Å². The molecule has 8 heteroatoms. The van der Waals surface area contributed by atoms with Crippen molar-refractivity contribution >= 4 is 35.0 Å². The molecule has 0 heterocycles. The number of carbonyl (C=O) groups is 5. The average molecular weight is 428 g/mol. The van der Waals surface area contributed by atoms with E-state index >= 15 is 0 Å². The van der Waals surface area contributed by atoms with Gasteiger partial charge in [-0.25, -0.2) is 4.79 Å². The molecule has 158 valence electrons. The molecule has 8 nitrogen and oxygen atoms in total. The number of carbonyl (C=O) groups excluding carboxylic acids is 5. The smallest absolute Gasteiger partial charge is 0.338 e. The van der Waals surface area contributed by atoms with Gasteiger partial charge in [0.2, 0.25) is 5.91 Å². The predicted octanol–water partition coefficient (Wildman–Crippen LogP) is 2.36. The van der Waals surface area contributed by atoms with Crippen molar-refractivity contribution in [3.8, 4) is 0 Å². The largest absolute Gasteiger partial charge is 0.452 e. The van der Waals surface area contributed by atoms with E-state index in [2.05, 4.69) is 5.32 Å². The maximum atomic E-state index is 12.8. The Kier molecular flexibility index (Phi) is 5.34. The van der Waals surface area contributed by atoms with Gasteiger partial charge in [0.1, 0.15) is 0 Å². The van der Waals surface area contributed by atoms with Crippen LogP contribution >= 0.6 is 0 Å². The van der Waals surface area contributed by atoms with E-state index in [0.29, 0.717) is 11.1 Å². The third-order valence-electron chi connectivity index (χ3n) is 4.95. The van der Waals surface area contributed by atoms with Crippen molar-refractivity contribution in [1.29, 1.82) is 0 Å². The van der Waals surface area contributed by atoms with Crippen LogP contribution < -0.4 is 11.1 Å². The molecule has 2 amide bonds. The lowest BCUT2D eigenvalue weighted by Gasteiger charge is -2.18. The molecular formula is C24H16N2O6. The quantitative estimate of drug-likeness (QED) is 0.469. The van der Waals surface area contributed by atoms with Crippen molar-refractivity contribution in [3.05, 3.63) is 100 Å². The second-order valence-corrected chi connectivity index (χ2v) is 7.03. The average Bonchev–Trinajstić information content (AvgIpc) is 2.81. The van der Waals surface area contributed by atoms with E-state index in [-0.39, 0.29) is 39.5 Å². The van der Waals surface area contributed by atoms with Crippen LogP contribution in [-0.4, -0.2) is 36.0 Å². The SMILES string of the molecule is NC(=O)c1ccc(C(=O)OCC(=O)Nc2ccc3c(c2)C(=O)c2ccccc2C3=O)cc1. The number of rotatable bonds is 5. The standard InChI is InChI=1S/C24H16N2O6/c25-23(30)13-5-7-14(8-6-13)24(31)32-12-20(27)26-15-9-10-18-19(11-15)22(29)17-4-2-1-3-16(17)21(18)28/h1-11H,12H2,(H2,25,30)(H,26,27). The van der Waals surface area contributed by atoms with Crippen LogP contribution in [0, 0.1) is 0 Å². The zero-order chi connectivity index (χ0) is 22.8. The molecule has 0 radical (unpaired) electrons. The Labute approximate surface area is 182 Å². The fraction of sp³-hybridized carbons (Fsp3) is 0.0417. The highest BCUT2D eigenvalue weighted by molar-refractivity contribution is 6.28. The van der Waals surface area contributed by atoms with Gasteiger partial charge in [-0.2, -0.15) is 0 Å². The molecule has 0 aliphatic heterocycles. The minimum absolute atomic E-state index is 0.152. The van der Waals surface area contributed by atoms with E-state index in [1.165, 1.54) is 42.5 Å². The number of anilines is 1. The molecular weight excluding hydrogens is 412 g/mol. The highest BCUT2D eigenvalue weighted by Crippen LogP contribution is 2.29. The fourth-order valence-corrected chi connectivity index (χ4v) is 3.36. The van der Waals surface area contributed by atoms with Gasteiger partial charge >= 0.3 is 5.97 Å². The minimum Gasteiger partial charge on any atom is -0.452 e. The molecule has 0 fully saturated rings. The van der Waals surface area contributed by atoms with E-state index in [9.17, 15) is 24.0 Å². The van der Waals surface area contributed by atoms with Crippen LogP contribution in [0.15, 0.2) is 66.7 Å². The first-order chi connectivity index (χ1) is 15.3. The molecule has 3 aromatic carbocycles. The van der Waals surface area contributed by atoms with Crippen molar-refractivity contribution < 1.29 is 28.7 Å². The number of nitrogens with two attached hydrogens (primary N) is 1. The number of ether oxygens (including phenoxy) is 1. The molecule has 3 aromatic rings. The lowest BCUT2D eigenvalue weighted by Crippen LogP contribution is -2.23. The third-order valence-corrected chi connectivity index (χ3v) is 4.95. The first kappa shape index (κ1) is 20.7. The van der Waals surface area contributed by atoms with E-state index in [4.69, 9.17) is 10.5 Å². The number of nitrogens with one attached hydrogen (secondary N) is 1. The van der Waals surface area contributed by atoms with Crippen LogP contribution in [0.4, 0.5) is 5.69 Å². The molecule has 3 N–H and O–H groups in total. The Morgan fingerprint density at radius 2 is 1.31 bits per heavy atom. The Hall–Kier alpha value is -4.59. The Morgan fingerprint density at radius 3 is 1.94 bits per heavy atom. The van der Waals surface area contributed by atoms with Gasteiger partial charge in [0.25, 0.3) is 5.91 Å². The number of amides is 2. The maximum absolute atomic E-state index is 12.8. The van der Waals surface area contributed by atoms with Crippen molar-refractivity contribution in [2.24, 2.45) is 5.73 Å². The predicted molar refractivity (Wildman–Crippen MR) is 114 cm³/mol. The summed E-state index contributed by atoms with van der Waals surface area (Å²) in [5, 5.41) is 2.54. The summed E-state index contributed by atoms with van der Waals surface area (Å²) in [6.45, 7) is -0.566. The van der Waals surface area contributed by atoms with Crippen molar-refractivity contribution in [2.75, 3.05) is 11.9 Å². The molecule has 4 rings (SSSR count). The lowest BCUT2D eigenvalue weighted by atomic mass is 9.84. The first-order valence-corrected chi connectivity index (χ1v) is 9.54. The monoisotopic (exact) mass is 428 g/mol. The molecule has 0 spiro atoms. The van der Waals surface area contributed by atoms with Crippen LogP contribution in [0.5, 0.6) is 0 Å². The summed E-state index contributed by atoms with van der Waals surface area (Å²) < 4.78 is 4.97. The van der Waals surface area contributed by atoms with Crippen LogP contribution in [0.3, 0.4) is 0 Å². The van der Waals surface area contributed by atoms with E-state index in [1.54, 1.807) is 24.3 Å². The van der Waals surface area contributed by atoms with Gasteiger partial charge in [0.15, 0.2) is 18.2 Å². The van der Waals surface area contributed by atoms with Gasteiger partial charge in [-0.3, -0.25) is 19.2 Å². The number of benzene rings is 3. The molecule has 0 aromatic heterocycles. The van der Waals surface area contributed by atoms with E-state index in [0.717, 1.165) is 0 Å². The molecule has 0 unspecified atom stereocenters. The molecule has 0 saturated carbocycles. The van der Waals surface area contributed by atoms with E-state index in [1.807, 2.05) is 0 Å². The Bertz CT molecular complexity index is 1290. The summed E-state index contributed by atoms with van der Waals surface area (Å²) in [5.41, 5.74) is 6.93. The number of fused-ring (bicyclic) bond motifs is 2. The van der Waals surface area contributed by atoms with Crippen molar-refractivity contribution in [3.63, 3.8) is 0 Å². The second kappa shape index (κ2) is 8.27. The number of ketones is 2. The van der Waals surface area contributed by atoms with Gasteiger partial charge in [-0.1, -0.05) is 24.3 Å². The normalized spacial score (nSPS) is 11.9. The summed E-state index contributed by atoms with van der Waals surface area (Å²) in [6.07, 6.45) is 0. The van der Waals surface area contributed by atoms with Crippen LogP contribution in [-0.2, 0) is 9.53 Å². The van der Waals surface area contributed by atoms with Crippen molar-refractivity contribution in [2.45, 2.75) is 0 Å². The summed E-state index contributed by atoms with van der Waals surface area (Å²) in [6, 6.07) is 16.4. The van der Waals surface area contributed by atoms with Crippen LogP contribution in [0.25, 0.3) is 0 Å². The summed E-state index contributed by atoms with van der Waals surface area (Å²) in [4.78, 5) is 60.7. The molecule has 0 bridgehead atoms. The summed E-state index contributed by atoms with van der Waals surface area (Å²) in [7, 11) is 0. The number of esters is 1. The minimum atomic E-state index is -0.751. The zero-order valence-corrected chi connectivity index (χ0v) is 16.6. The highest BCUT2D eigenvalue weighted by atomic mass is 16.5. The lowest BCUT2D eigenvalue weighted by molar-refractivity contribution is -0.119. The second-order valence-electron chi connectivity index (χ2n) is 7.03. The fourth-order valence-electron chi connectivity index (χ4n) is 3.36. The number of hydrogen-bond acceptors (Lipinski definition) is 6.